The molecule has 0 spiro atoms. The molecule has 0 aromatic carbocycles. The summed E-state index contributed by atoms with van der Waals surface area (Å²) in [5, 5.41) is 2.88. The standard InChI is InChI=1S/C6H6N2/c1-7-6-3-2-4-8-5-6/h4-5,7H,1H3. The summed E-state index contributed by atoms with van der Waals surface area (Å²) in [6.45, 7) is 0. The summed E-state index contributed by atoms with van der Waals surface area (Å²) in [7, 11) is 1.82. The van der Waals surface area contributed by atoms with Gasteiger partial charge < -0.3 is 5.32 Å². The molecule has 2 heteroatoms. The third-order valence-corrected chi connectivity index (χ3v) is 0.819. The number of aliphatic imine (C=N–C) groups is 1. The van der Waals surface area contributed by atoms with Crippen LogP contribution in [0.15, 0.2) is 28.4 Å². The highest BCUT2D eigenvalue weighted by molar-refractivity contribution is 5.78. The third-order valence-electron chi connectivity index (χ3n) is 0.819. The SMILES string of the molecule is CNC1=C=C=CN=C1. The van der Waals surface area contributed by atoms with Gasteiger partial charge in [-0.3, -0.25) is 4.99 Å². The Balaban J connectivity index is 2.93. The molecule has 0 aromatic rings. The fourth-order valence-electron chi connectivity index (χ4n) is 0.418. The van der Waals surface area contributed by atoms with Crippen LogP contribution in [0, 0.1) is 0 Å². The molecule has 0 amide bonds. The van der Waals surface area contributed by atoms with Crippen LogP contribution in [-0.2, 0) is 0 Å². The van der Waals surface area contributed by atoms with Crippen molar-refractivity contribution in [3.05, 3.63) is 23.4 Å². The van der Waals surface area contributed by atoms with Gasteiger partial charge in [-0.25, -0.2) is 0 Å². The second-order valence-electron chi connectivity index (χ2n) is 1.34. The highest BCUT2D eigenvalue weighted by atomic mass is 14.9. The Hall–Kier alpha value is -1.23. The molecule has 0 radical (unpaired) electrons. The van der Waals surface area contributed by atoms with Gasteiger partial charge in [-0.2, -0.15) is 0 Å². The van der Waals surface area contributed by atoms with Crippen LogP contribution < -0.4 is 5.32 Å². The molecule has 1 aliphatic rings. The van der Waals surface area contributed by atoms with Crippen molar-refractivity contribution in [1.82, 2.24) is 5.32 Å². The van der Waals surface area contributed by atoms with E-state index in [0.29, 0.717) is 0 Å². The zero-order valence-corrected chi connectivity index (χ0v) is 4.60. The molecule has 1 heterocycles. The van der Waals surface area contributed by atoms with Gasteiger partial charge in [-0.15, -0.1) is 0 Å². The minimum absolute atomic E-state index is 0.868. The molecule has 0 unspecified atom stereocenters. The van der Waals surface area contributed by atoms with Gasteiger partial charge in [0.1, 0.15) is 5.70 Å². The molecule has 0 saturated heterocycles. The number of hydrogen-bond donors (Lipinski definition) is 1. The molecule has 0 saturated carbocycles. The van der Waals surface area contributed by atoms with Gasteiger partial charge in [0, 0.05) is 7.05 Å². The summed E-state index contributed by atoms with van der Waals surface area (Å²) >= 11 is 0. The summed E-state index contributed by atoms with van der Waals surface area (Å²) in [5.41, 5.74) is 6.40. The molecule has 0 aromatic heterocycles. The lowest BCUT2D eigenvalue weighted by Gasteiger charge is -1.92. The minimum atomic E-state index is 0.868. The Kier molecular flexibility index (Phi) is 1.34. The van der Waals surface area contributed by atoms with E-state index in [1.807, 2.05) is 7.05 Å². The monoisotopic (exact) mass is 106 g/mol. The maximum Gasteiger partial charge on any atom is 0.104 e. The molecule has 1 rings (SSSR count). The lowest BCUT2D eigenvalue weighted by Crippen LogP contribution is -2.05. The lowest BCUT2D eigenvalue weighted by molar-refractivity contribution is 1.06. The van der Waals surface area contributed by atoms with Crippen molar-refractivity contribution in [3.8, 4) is 0 Å². The fraction of sp³-hybridized carbons (Fsp3) is 0.167. The van der Waals surface area contributed by atoms with Crippen LogP contribution in [0.25, 0.3) is 0 Å². The summed E-state index contributed by atoms with van der Waals surface area (Å²) in [6, 6.07) is 0. The Morgan fingerprint density at radius 2 is 2.62 bits per heavy atom. The number of rotatable bonds is 1. The average molecular weight is 106 g/mol. The molecule has 8 heavy (non-hydrogen) atoms. The van der Waals surface area contributed by atoms with E-state index >= 15 is 0 Å². The molecule has 0 atom stereocenters. The Labute approximate surface area is 47.9 Å². The molecule has 1 aliphatic heterocycles. The highest BCUT2D eigenvalue weighted by Gasteiger charge is 1.82. The summed E-state index contributed by atoms with van der Waals surface area (Å²) < 4.78 is 0. The Morgan fingerprint density at radius 3 is 3.00 bits per heavy atom. The van der Waals surface area contributed by atoms with Crippen molar-refractivity contribution in [2.24, 2.45) is 4.99 Å². The van der Waals surface area contributed by atoms with Crippen molar-refractivity contribution >= 4 is 6.21 Å². The van der Waals surface area contributed by atoms with Gasteiger partial charge in [-0.05, 0) is 11.5 Å². The predicted molar refractivity (Wildman–Crippen MR) is 32.7 cm³/mol. The van der Waals surface area contributed by atoms with Crippen molar-refractivity contribution < 1.29 is 0 Å². The Morgan fingerprint density at radius 1 is 1.75 bits per heavy atom. The number of nitrogens with zero attached hydrogens (tertiary/aromatic N) is 1. The van der Waals surface area contributed by atoms with Crippen molar-refractivity contribution in [1.29, 1.82) is 0 Å². The maximum atomic E-state index is 3.81. The fourth-order valence-corrected chi connectivity index (χ4v) is 0.418. The van der Waals surface area contributed by atoms with Gasteiger partial charge in [-0.1, -0.05) is 0 Å². The van der Waals surface area contributed by atoms with E-state index in [1.165, 1.54) is 0 Å². The highest BCUT2D eigenvalue weighted by Crippen LogP contribution is 1.83. The van der Waals surface area contributed by atoms with Crippen molar-refractivity contribution in [3.63, 3.8) is 0 Å². The van der Waals surface area contributed by atoms with Gasteiger partial charge in [0.05, 0.1) is 12.4 Å². The van der Waals surface area contributed by atoms with Gasteiger partial charge >= 0.3 is 0 Å². The van der Waals surface area contributed by atoms with E-state index in [0.717, 1.165) is 5.70 Å². The average Bonchev–Trinajstić information content (AvgIpc) is 1.90. The zero-order chi connectivity index (χ0) is 5.82. The summed E-state index contributed by atoms with van der Waals surface area (Å²) in [5.74, 6) is 0. The van der Waals surface area contributed by atoms with Gasteiger partial charge in [0.25, 0.3) is 0 Å². The number of allylic oxidation sites excluding steroid dienone is 1. The van der Waals surface area contributed by atoms with E-state index < -0.39 is 0 Å². The quantitative estimate of drug-likeness (QED) is 0.482. The largest absolute Gasteiger partial charge is 0.380 e. The van der Waals surface area contributed by atoms with Crippen molar-refractivity contribution in [2.45, 2.75) is 0 Å². The van der Waals surface area contributed by atoms with E-state index in [2.05, 4.69) is 21.8 Å². The van der Waals surface area contributed by atoms with Crippen LogP contribution in [-0.4, -0.2) is 13.3 Å². The van der Waals surface area contributed by atoms with Crippen LogP contribution in [0.4, 0.5) is 0 Å². The zero-order valence-electron chi connectivity index (χ0n) is 4.60. The topological polar surface area (TPSA) is 24.4 Å². The first kappa shape index (κ1) is 4.92. The molecule has 2 nitrogen and oxygen atoms in total. The molecular formula is C6H6N2. The van der Waals surface area contributed by atoms with Crippen LogP contribution in [0.2, 0.25) is 0 Å². The molecule has 0 aliphatic carbocycles. The van der Waals surface area contributed by atoms with Gasteiger partial charge in [0.15, 0.2) is 0 Å². The number of hydrogen-bond acceptors (Lipinski definition) is 2. The van der Waals surface area contributed by atoms with Gasteiger partial charge in [0.2, 0.25) is 0 Å². The normalized spacial score (nSPS) is 13.9. The van der Waals surface area contributed by atoms with Crippen LogP contribution >= 0.6 is 0 Å². The van der Waals surface area contributed by atoms with Crippen LogP contribution in [0.3, 0.4) is 0 Å². The lowest BCUT2D eigenvalue weighted by atomic mass is 10.4. The van der Waals surface area contributed by atoms with E-state index in [4.69, 9.17) is 0 Å². The maximum absolute atomic E-state index is 3.81. The molecule has 0 fully saturated rings. The first-order valence-corrected chi connectivity index (χ1v) is 2.34. The second kappa shape index (κ2) is 2.17. The summed E-state index contributed by atoms with van der Waals surface area (Å²) in [4.78, 5) is 3.81. The third kappa shape index (κ3) is 0.881. The van der Waals surface area contributed by atoms with E-state index in [9.17, 15) is 0 Å². The number of nitrogens with one attached hydrogen (secondary N) is 1. The minimum Gasteiger partial charge on any atom is -0.380 e. The van der Waals surface area contributed by atoms with E-state index in [1.54, 1.807) is 12.4 Å². The molecular weight excluding hydrogens is 100 g/mol. The van der Waals surface area contributed by atoms with Crippen LogP contribution in [0.5, 0.6) is 0 Å². The second-order valence-corrected chi connectivity index (χ2v) is 1.34. The molecule has 40 valence electrons. The first-order valence-electron chi connectivity index (χ1n) is 2.34. The Bertz CT molecular complexity index is 201. The molecule has 1 N–H and O–H groups in total. The first-order chi connectivity index (χ1) is 3.93. The predicted octanol–water partition coefficient (Wildman–Crippen LogP) is 0.442. The smallest absolute Gasteiger partial charge is 0.104 e. The summed E-state index contributed by atoms with van der Waals surface area (Å²) in [6.07, 6.45) is 3.26. The molecule has 0 bridgehead atoms. The van der Waals surface area contributed by atoms with Crippen molar-refractivity contribution in [2.75, 3.05) is 7.05 Å². The van der Waals surface area contributed by atoms with Crippen LogP contribution in [0.1, 0.15) is 0 Å². The van der Waals surface area contributed by atoms with E-state index in [-0.39, 0.29) is 0 Å².